The molecule has 120 valence electrons. The average Bonchev–Trinajstić information content (AvgIpc) is 2.95. The molecule has 22 heavy (non-hydrogen) atoms. The second-order valence-corrected chi connectivity index (χ2v) is 5.99. The van der Waals surface area contributed by atoms with Crippen molar-refractivity contribution in [1.29, 1.82) is 0 Å². The lowest BCUT2D eigenvalue weighted by atomic mass is 10.1. The van der Waals surface area contributed by atoms with Crippen molar-refractivity contribution >= 4 is 16.8 Å². The molecule has 0 aliphatic heterocycles. The smallest absolute Gasteiger partial charge is 0.222 e. The molecule has 1 N–H and O–H groups in total. The Morgan fingerprint density at radius 2 is 2.00 bits per heavy atom. The fraction of sp³-hybridized carbons (Fsp3) is 0.526. The third-order valence-corrected chi connectivity index (χ3v) is 4.27. The summed E-state index contributed by atoms with van der Waals surface area (Å²) >= 11 is 0. The summed E-state index contributed by atoms with van der Waals surface area (Å²) in [5.41, 5.74) is 1.20. The largest absolute Gasteiger partial charge is 0.353 e. The number of rotatable bonds is 9. The summed E-state index contributed by atoms with van der Waals surface area (Å²) in [5.74, 6) is 0.168. The van der Waals surface area contributed by atoms with Crippen molar-refractivity contribution in [2.24, 2.45) is 0 Å². The Morgan fingerprint density at radius 1 is 1.18 bits per heavy atom. The fourth-order valence-corrected chi connectivity index (χ4v) is 2.88. The van der Waals surface area contributed by atoms with E-state index in [0.717, 1.165) is 19.4 Å². The van der Waals surface area contributed by atoms with E-state index in [2.05, 4.69) is 48.1 Å². The molecule has 2 rings (SSSR count). The molecule has 1 atom stereocenters. The highest BCUT2D eigenvalue weighted by molar-refractivity contribution is 5.80. The van der Waals surface area contributed by atoms with Crippen molar-refractivity contribution in [3.05, 3.63) is 36.5 Å². The minimum atomic E-state index is 0.168. The number of hydrogen-bond acceptors (Lipinski definition) is 1. The maximum atomic E-state index is 12.2. The lowest BCUT2D eigenvalue weighted by Gasteiger charge is -2.17. The van der Waals surface area contributed by atoms with Gasteiger partial charge in [-0.3, -0.25) is 4.79 Å². The van der Waals surface area contributed by atoms with E-state index in [1.165, 1.54) is 30.2 Å². The van der Waals surface area contributed by atoms with Crippen LogP contribution in [-0.4, -0.2) is 16.5 Å². The predicted octanol–water partition coefficient (Wildman–Crippen LogP) is 4.51. The highest BCUT2D eigenvalue weighted by atomic mass is 16.1. The SMILES string of the molecule is CCCCCC(CC)NC(=O)CCn1ccc2ccccc21. The van der Waals surface area contributed by atoms with E-state index in [4.69, 9.17) is 0 Å². The number of nitrogens with zero attached hydrogens (tertiary/aromatic N) is 1. The highest BCUT2D eigenvalue weighted by Crippen LogP contribution is 2.15. The summed E-state index contributed by atoms with van der Waals surface area (Å²) in [7, 11) is 0. The van der Waals surface area contributed by atoms with E-state index in [9.17, 15) is 4.79 Å². The van der Waals surface area contributed by atoms with Crippen molar-refractivity contribution < 1.29 is 4.79 Å². The molecule has 0 fully saturated rings. The van der Waals surface area contributed by atoms with Gasteiger partial charge < -0.3 is 9.88 Å². The zero-order chi connectivity index (χ0) is 15.8. The lowest BCUT2D eigenvalue weighted by molar-refractivity contribution is -0.122. The Bertz CT molecular complexity index is 588. The van der Waals surface area contributed by atoms with Gasteiger partial charge in [-0.1, -0.05) is 51.3 Å². The van der Waals surface area contributed by atoms with Crippen LogP contribution >= 0.6 is 0 Å². The van der Waals surface area contributed by atoms with Crippen LogP contribution in [-0.2, 0) is 11.3 Å². The number of carbonyl (C=O) groups is 1. The third-order valence-electron chi connectivity index (χ3n) is 4.27. The molecule has 2 aromatic rings. The van der Waals surface area contributed by atoms with Crippen molar-refractivity contribution in [2.75, 3.05) is 0 Å². The molecule has 1 unspecified atom stereocenters. The number of benzene rings is 1. The van der Waals surface area contributed by atoms with Gasteiger partial charge in [0.2, 0.25) is 5.91 Å². The molecule has 3 heteroatoms. The molecule has 0 aliphatic rings. The van der Waals surface area contributed by atoms with Crippen molar-refractivity contribution in [3.8, 4) is 0 Å². The van der Waals surface area contributed by atoms with Crippen LogP contribution in [0.25, 0.3) is 10.9 Å². The van der Waals surface area contributed by atoms with Crippen molar-refractivity contribution in [1.82, 2.24) is 9.88 Å². The van der Waals surface area contributed by atoms with Gasteiger partial charge in [0.05, 0.1) is 0 Å². The Labute approximate surface area is 133 Å². The van der Waals surface area contributed by atoms with Crippen LogP contribution in [0.4, 0.5) is 0 Å². The van der Waals surface area contributed by atoms with E-state index < -0.39 is 0 Å². The number of carbonyl (C=O) groups excluding carboxylic acids is 1. The number of para-hydroxylation sites is 1. The summed E-state index contributed by atoms with van der Waals surface area (Å²) in [6, 6.07) is 10.7. The minimum absolute atomic E-state index is 0.168. The van der Waals surface area contributed by atoms with Crippen LogP contribution in [0.5, 0.6) is 0 Å². The topological polar surface area (TPSA) is 34.0 Å². The van der Waals surface area contributed by atoms with Gasteiger partial charge in [-0.25, -0.2) is 0 Å². The van der Waals surface area contributed by atoms with Gasteiger partial charge in [-0.2, -0.15) is 0 Å². The second-order valence-electron chi connectivity index (χ2n) is 5.99. The Balaban J connectivity index is 1.81. The van der Waals surface area contributed by atoms with E-state index in [0.29, 0.717) is 12.5 Å². The van der Waals surface area contributed by atoms with Crippen molar-refractivity contribution in [3.63, 3.8) is 0 Å². The summed E-state index contributed by atoms with van der Waals surface area (Å²) in [6.45, 7) is 5.10. The first kappa shape index (κ1) is 16.6. The molecule has 0 saturated heterocycles. The van der Waals surface area contributed by atoms with E-state index in [1.54, 1.807) is 0 Å². The van der Waals surface area contributed by atoms with Crippen LogP contribution < -0.4 is 5.32 Å². The van der Waals surface area contributed by atoms with Gasteiger partial charge >= 0.3 is 0 Å². The predicted molar refractivity (Wildman–Crippen MR) is 92.9 cm³/mol. The zero-order valence-corrected chi connectivity index (χ0v) is 13.8. The molecule has 1 amide bonds. The number of aromatic nitrogens is 1. The molecule has 1 heterocycles. The first-order valence-electron chi connectivity index (χ1n) is 8.57. The van der Waals surface area contributed by atoms with Crippen LogP contribution in [0.15, 0.2) is 36.5 Å². The van der Waals surface area contributed by atoms with E-state index in [-0.39, 0.29) is 5.91 Å². The number of amides is 1. The van der Waals surface area contributed by atoms with Gasteiger partial charge in [0.15, 0.2) is 0 Å². The molecule has 0 bridgehead atoms. The summed E-state index contributed by atoms with van der Waals surface area (Å²) in [4.78, 5) is 12.2. The summed E-state index contributed by atoms with van der Waals surface area (Å²) in [6.07, 6.45) is 8.41. The molecule has 0 aliphatic carbocycles. The first-order chi connectivity index (χ1) is 10.7. The second kappa shape index (κ2) is 8.62. The molecular formula is C19H28N2O. The minimum Gasteiger partial charge on any atom is -0.353 e. The molecule has 1 aromatic heterocycles. The van der Waals surface area contributed by atoms with Crippen LogP contribution in [0.3, 0.4) is 0 Å². The van der Waals surface area contributed by atoms with Gasteiger partial charge in [0.1, 0.15) is 0 Å². The standard InChI is InChI=1S/C19H28N2O/c1-3-5-6-10-17(4-2)20-19(22)13-15-21-14-12-16-9-7-8-11-18(16)21/h7-9,11-12,14,17H,3-6,10,13,15H2,1-2H3,(H,20,22). The third kappa shape index (κ3) is 4.62. The molecule has 0 spiro atoms. The van der Waals surface area contributed by atoms with Gasteiger partial charge in [-0.15, -0.1) is 0 Å². The number of hydrogen-bond donors (Lipinski definition) is 1. The zero-order valence-electron chi connectivity index (χ0n) is 13.8. The molecule has 3 nitrogen and oxygen atoms in total. The van der Waals surface area contributed by atoms with E-state index in [1.807, 2.05) is 12.1 Å². The summed E-state index contributed by atoms with van der Waals surface area (Å²) < 4.78 is 2.16. The number of nitrogens with one attached hydrogen (secondary N) is 1. The average molecular weight is 300 g/mol. The summed E-state index contributed by atoms with van der Waals surface area (Å²) in [5, 5.41) is 4.41. The number of fused-ring (bicyclic) bond motifs is 1. The van der Waals surface area contributed by atoms with Gasteiger partial charge in [0, 0.05) is 30.7 Å². The van der Waals surface area contributed by atoms with Gasteiger partial charge in [-0.05, 0) is 30.4 Å². The van der Waals surface area contributed by atoms with Crippen molar-refractivity contribution in [2.45, 2.75) is 65.0 Å². The quantitative estimate of drug-likeness (QED) is 0.679. The lowest BCUT2D eigenvalue weighted by Crippen LogP contribution is -2.34. The molecule has 0 saturated carbocycles. The normalized spacial score (nSPS) is 12.5. The maximum absolute atomic E-state index is 12.2. The first-order valence-corrected chi connectivity index (χ1v) is 8.57. The number of unbranched alkanes of at least 4 members (excludes halogenated alkanes) is 2. The van der Waals surface area contributed by atoms with E-state index >= 15 is 0 Å². The molecule has 0 radical (unpaired) electrons. The molecule has 1 aromatic carbocycles. The van der Waals surface area contributed by atoms with Crippen LogP contribution in [0, 0.1) is 0 Å². The fourth-order valence-electron chi connectivity index (χ4n) is 2.88. The van der Waals surface area contributed by atoms with Crippen LogP contribution in [0.1, 0.15) is 52.4 Å². The van der Waals surface area contributed by atoms with Crippen LogP contribution in [0.2, 0.25) is 0 Å². The monoisotopic (exact) mass is 300 g/mol. The Hall–Kier alpha value is -1.77. The Morgan fingerprint density at radius 3 is 2.77 bits per heavy atom. The van der Waals surface area contributed by atoms with Gasteiger partial charge in [0.25, 0.3) is 0 Å². The maximum Gasteiger partial charge on any atom is 0.222 e. The number of aryl methyl sites for hydroxylation is 1. The molecular weight excluding hydrogens is 272 g/mol. The Kier molecular flexibility index (Phi) is 6.50. The highest BCUT2D eigenvalue weighted by Gasteiger charge is 2.10.